The Hall–Kier alpha value is -3.29. The molecule has 0 saturated carbocycles. The number of anilines is 4. The van der Waals surface area contributed by atoms with E-state index in [-0.39, 0.29) is 36.6 Å². The third kappa shape index (κ3) is 6.31. The van der Waals surface area contributed by atoms with Gasteiger partial charge in [-0.1, -0.05) is 0 Å². The Morgan fingerprint density at radius 1 is 1.26 bits per heavy atom. The van der Waals surface area contributed by atoms with Gasteiger partial charge in [0.15, 0.2) is 5.76 Å². The highest BCUT2D eigenvalue weighted by Gasteiger charge is 2.44. The van der Waals surface area contributed by atoms with Crippen LogP contribution in [0.2, 0.25) is 0 Å². The minimum Gasteiger partial charge on any atom is -0.438 e. The highest BCUT2D eigenvalue weighted by Crippen LogP contribution is 2.38. The summed E-state index contributed by atoms with van der Waals surface area (Å²) in [6, 6.07) is 0.914. The van der Waals surface area contributed by atoms with Crippen molar-refractivity contribution in [1.29, 1.82) is 0 Å². The number of alkyl halides is 3. The third-order valence-corrected chi connectivity index (χ3v) is 7.43. The van der Waals surface area contributed by atoms with Crippen molar-refractivity contribution in [2.24, 2.45) is 11.7 Å². The maximum absolute atomic E-state index is 13.5. The molecule has 212 valence electrons. The lowest BCUT2D eigenvalue weighted by atomic mass is 9.93. The van der Waals surface area contributed by atoms with Crippen molar-refractivity contribution in [3.8, 4) is 0 Å². The molecule has 39 heavy (non-hydrogen) atoms. The van der Waals surface area contributed by atoms with Gasteiger partial charge < -0.3 is 36.2 Å². The molecule has 2 aromatic rings. The van der Waals surface area contributed by atoms with E-state index < -0.39 is 24.0 Å². The number of nitrogens with zero attached hydrogens (tertiary/aromatic N) is 3. The van der Waals surface area contributed by atoms with E-state index in [4.69, 9.17) is 20.6 Å². The highest BCUT2D eigenvalue weighted by atomic mass is 19.4. The Balaban J connectivity index is 1.28. The summed E-state index contributed by atoms with van der Waals surface area (Å²) in [4.78, 5) is 21.3. The summed E-state index contributed by atoms with van der Waals surface area (Å²) >= 11 is 0. The van der Waals surface area contributed by atoms with Gasteiger partial charge in [0.25, 0.3) is 5.91 Å². The van der Waals surface area contributed by atoms with Gasteiger partial charge in [-0.3, -0.25) is 14.7 Å². The average Bonchev–Trinajstić information content (AvgIpc) is 3.23. The lowest BCUT2D eigenvalue weighted by Gasteiger charge is -2.39. The number of fused-ring (bicyclic) bond motifs is 1. The fourth-order valence-corrected chi connectivity index (χ4v) is 5.44. The van der Waals surface area contributed by atoms with E-state index in [2.05, 4.69) is 20.5 Å². The van der Waals surface area contributed by atoms with Crippen LogP contribution in [-0.4, -0.2) is 80.5 Å². The number of nitrogen functional groups attached to an aromatic ring is 1. The first-order valence-corrected chi connectivity index (χ1v) is 13.2. The van der Waals surface area contributed by atoms with Crippen molar-refractivity contribution in [2.45, 2.75) is 31.5 Å². The zero-order valence-electron chi connectivity index (χ0n) is 21.6. The molecule has 10 nitrogen and oxygen atoms in total. The number of piperidine rings is 1. The Kier molecular flexibility index (Phi) is 8.01. The number of aromatic nitrogens is 1. The monoisotopic (exact) mass is 549 g/mol. The summed E-state index contributed by atoms with van der Waals surface area (Å²) in [5.41, 5.74) is 14.5. The lowest BCUT2D eigenvalue weighted by molar-refractivity contribution is -0.177. The number of rotatable bonds is 7. The quantitative estimate of drug-likeness (QED) is 0.411. The highest BCUT2D eigenvalue weighted by molar-refractivity contribution is 6.13. The Bertz CT molecular complexity index is 1210. The number of nitrogens with one attached hydrogen (secondary N) is 2. The molecule has 5 heterocycles. The van der Waals surface area contributed by atoms with Crippen molar-refractivity contribution in [3.63, 3.8) is 0 Å². The first-order chi connectivity index (χ1) is 18.7. The van der Waals surface area contributed by atoms with Crippen LogP contribution in [-0.2, 0) is 4.74 Å². The molecule has 2 fully saturated rings. The van der Waals surface area contributed by atoms with E-state index in [1.165, 1.54) is 12.4 Å². The first-order valence-electron chi connectivity index (χ1n) is 13.2. The molecule has 3 aliphatic heterocycles. The van der Waals surface area contributed by atoms with E-state index in [1.807, 2.05) is 6.08 Å². The predicted octanol–water partition coefficient (Wildman–Crippen LogP) is 3.15. The minimum absolute atomic E-state index is 0.0432. The molecule has 6 N–H and O–H groups in total. The minimum atomic E-state index is -4.36. The molecular weight excluding hydrogens is 515 g/mol. The van der Waals surface area contributed by atoms with Crippen LogP contribution in [0.3, 0.4) is 0 Å². The van der Waals surface area contributed by atoms with Crippen LogP contribution in [0.25, 0.3) is 6.08 Å². The number of hydrogen-bond donors (Lipinski definition) is 4. The van der Waals surface area contributed by atoms with Gasteiger partial charge in [0, 0.05) is 45.0 Å². The molecule has 0 bridgehead atoms. The van der Waals surface area contributed by atoms with Gasteiger partial charge in [-0.15, -0.1) is 0 Å². The van der Waals surface area contributed by atoms with E-state index in [1.54, 1.807) is 11.0 Å². The summed E-state index contributed by atoms with van der Waals surface area (Å²) in [5, 5.41) is 6.03. The molecule has 2 atom stereocenters. The molecule has 13 heteroatoms. The molecule has 2 aromatic heterocycles. The summed E-state index contributed by atoms with van der Waals surface area (Å²) in [5.74, 6) is -1.67. The second-order valence-electron chi connectivity index (χ2n) is 10.3. The molecule has 0 aromatic carbocycles. The molecular formula is C26H34F3N7O3. The Morgan fingerprint density at radius 2 is 2.05 bits per heavy atom. The normalized spacial score (nSPS) is 22.2. The van der Waals surface area contributed by atoms with Crippen LogP contribution in [0.4, 0.5) is 36.1 Å². The molecule has 0 unspecified atom stereocenters. The molecule has 2 saturated heterocycles. The number of halogens is 3. The van der Waals surface area contributed by atoms with E-state index in [0.29, 0.717) is 23.7 Å². The summed E-state index contributed by atoms with van der Waals surface area (Å²) in [6.45, 7) is 4.94. The number of hydrogen-bond acceptors (Lipinski definition) is 9. The van der Waals surface area contributed by atoms with Gasteiger partial charge in [-0.25, -0.2) is 0 Å². The fourth-order valence-electron chi connectivity index (χ4n) is 5.44. The van der Waals surface area contributed by atoms with E-state index in [9.17, 15) is 18.0 Å². The standard InChI is InChI=1S/C26H34F3N7O3/c27-26(28,29)17-11-18(30)15-36(14-17)20-3-4-32-13-19(20)34-25(37)22-23-21(39-24(22)31)10-16(12-33-23)2-1-5-35-6-8-38-9-7-35/h3-4,10,13,17-18,33H,1-2,5-9,11-12,14-15,30-31H2,(H,34,37)/t17-,18+/m1/s1. The van der Waals surface area contributed by atoms with Gasteiger partial charge in [0.1, 0.15) is 5.56 Å². The number of furan rings is 1. The third-order valence-electron chi connectivity index (χ3n) is 7.43. The molecule has 5 rings (SSSR count). The zero-order valence-corrected chi connectivity index (χ0v) is 21.6. The Morgan fingerprint density at radius 3 is 2.82 bits per heavy atom. The van der Waals surface area contributed by atoms with Crippen molar-refractivity contribution >= 4 is 34.9 Å². The van der Waals surface area contributed by atoms with Crippen LogP contribution in [0.15, 0.2) is 28.5 Å². The van der Waals surface area contributed by atoms with Crippen LogP contribution in [0, 0.1) is 5.92 Å². The average molecular weight is 550 g/mol. The van der Waals surface area contributed by atoms with Gasteiger partial charge in [0.2, 0.25) is 5.88 Å². The predicted molar refractivity (Wildman–Crippen MR) is 143 cm³/mol. The van der Waals surface area contributed by atoms with Crippen LogP contribution in [0.1, 0.15) is 35.4 Å². The maximum Gasteiger partial charge on any atom is 0.393 e. The van der Waals surface area contributed by atoms with Crippen LogP contribution in [0.5, 0.6) is 0 Å². The molecule has 3 aliphatic rings. The van der Waals surface area contributed by atoms with Crippen molar-refractivity contribution in [1.82, 2.24) is 9.88 Å². The van der Waals surface area contributed by atoms with Crippen LogP contribution < -0.4 is 27.0 Å². The zero-order chi connectivity index (χ0) is 27.6. The SMILES string of the molecule is Nc1oc2c(c1C(=O)Nc1cnccc1N1C[C@@H](N)C[C@@H](C(F)(F)F)C1)NCC(CCCN1CCOCC1)=C2. The number of carbonyl (C=O) groups is 1. The lowest BCUT2D eigenvalue weighted by Crippen LogP contribution is -2.51. The molecule has 0 spiro atoms. The van der Waals surface area contributed by atoms with Gasteiger partial charge >= 0.3 is 6.18 Å². The molecule has 0 aliphatic carbocycles. The summed E-state index contributed by atoms with van der Waals surface area (Å²) < 4.78 is 51.5. The number of carbonyl (C=O) groups excluding carboxylic acids is 1. The fraction of sp³-hybridized carbons (Fsp3) is 0.538. The number of amides is 1. The number of pyridine rings is 1. The largest absolute Gasteiger partial charge is 0.438 e. The topological polar surface area (TPSA) is 135 Å². The van der Waals surface area contributed by atoms with Gasteiger partial charge in [-0.2, -0.15) is 13.2 Å². The molecule has 0 radical (unpaired) electrons. The summed E-state index contributed by atoms with van der Waals surface area (Å²) in [7, 11) is 0. The van der Waals surface area contributed by atoms with Gasteiger partial charge in [0.05, 0.1) is 42.4 Å². The number of nitrogens with two attached hydrogens (primary N) is 2. The first kappa shape index (κ1) is 27.3. The second kappa shape index (κ2) is 11.4. The summed E-state index contributed by atoms with van der Waals surface area (Å²) in [6.07, 6.45) is 2.15. The Labute approximate surface area is 224 Å². The van der Waals surface area contributed by atoms with Crippen molar-refractivity contribution in [2.75, 3.05) is 73.7 Å². The number of morpholine rings is 1. The second-order valence-corrected chi connectivity index (χ2v) is 10.3. The van der Waals surface area contributed by atoms with Crippen molar-refractivity contribution in [3.05, 3.63) is 35.4 Å². The maximum atomic E-state index is 13.5. The van der Waals surface area contributed by atoms with Gasteiger partial charge in [-0.05, 0) is 43.5 Å². The van der Waals surface area contributed by atoms with E-state index >= 15 is 0 Å². The molecule has 1 amide bonds. The van der Waals surface area contributed by atoms with Crippen molar-refractivity contribution < 1.29 is 27.1 Å². The van der Waals surface area contributed by atoms with Crippen LogP contribution >= 0.6 is 0 Å². The van der Waals surface area contributed by atoms with E-state index in [0.717, 1.165) is 51.3 Å². The smallest absolute Gasteiger partial charge is 0.393 e. The number of ether oxygens (including phenoxy) is 1.